The van der Waals surface area contributed by atoms with Crippen molar-refractivity contribution in [2.75, 3.05) is 0 Å². The van der Waals surface area contributed by atoms with Crippen LogP contribution in [0, 0.1) is 6.92 Å². The van der Waals surface area contributed by atoms with Gasteiger partial charge >= 0.3 is 7.12 Å². The monoisotopic (exact) mass is 178 g/mol. The van der Waals surface area contributed by atoms with Crippen LogP contribution >= 0.6 is 0 Å². The molecule has 0 spiro atoms. The summed E-state index contributed by atoms with van der Waals surface area (Å²) in [6.45, 7) is 3.79. The van der Waals surface area contributed by atoms with Crippen molar-refractivity contribution in [1.82, 2.24) is 0 Å². The van der Waals surface area contributed by atoms with Gasteiger partial charge in [-0.3, -0.25) is 0 Å². The van der Waals surface area contributed by atoms with Crippen LogP contribution in [-0.2, 0) is 4.65 Å². The fourth-order valence-electron chi connectivity index (χ4n) is 1.90. The molecule has 0 fully saturated rings. The van der Waals surface area contributed by atoms with Crippen molar-refractivity contribution < 1.29 is 14.8 Å². The molecule has 0 amide bonds. The number of hydrogen-bond acceptors (Lipinski definition) is 3. The van der Waals surface area contributed by atoms with Crippen molar-refractivity contribution in [3.8, 4) is 5.75 Å². The Morgan fingerprint density at radius 1 is 1.46 bits per heavy atom. The number of aromatic hydroxyl groups is 1. The van der Waals surface area contributed by atoms with E-state index < -0.39 is 7.12 Å². The zero-order valence-electron chi connectivity index (χ0n) is 7.61. The Balaban J connectivity index is 2.63. The van der Waals surface area contributed by atoms with Gasteiger partial charge in [0.05, 0.1) is 6.10 Å². The highest BCUT2D eigenvalue weighted by Crippen LogP contribution is 2.28. The maximum absolute atomic E-state index is 9.47. The number of phenols is 1. The highest BCUT2D eigenvalue weighted by Gasteiger charge is 2.33. The molecule has 1 heterocycles. The predicted molar refractivity (Wildman–Crippen MR) is 50.0 cm³/mol. The molecule has 13 heavy (non-hydrogen) atoms. The number of hydrogen-bond donors (Lipinski definition) is 2. The minimum absolute atomic E-state index is 0.0920. The van der Waals surface area contributed by atoms with Crippen LogP contribution in [0.15, 0.2) is 12.1 Å². The normalized spacial score (nSPS) is 20.5. The fraction of sp³-hybridized carbons (Fsp3) is 0.333. The molecule has 68 valence electrons. The molecule has 1 aliphatic heterocycles. The largest absolute Gasteiger partial charge is 0.508 e. The fourth-order valence-corrected chi connectivity index (χ4v) is 1.90. The van der Waals surface area contributed by atoms with Gasteiger partial charge in [0.15, 0.2) is 0 Å². The molecular formula is C9H11BO3. The molecular weight excluding hydrogens is 167 g/mol. The summed E-state index contributed by atoms with van der Waals surface area (Å²) in [5.74, 6) is 0.174. The first-order chi connectivity index (χ1) is 6.09. The third kappa shape index (κ3) is 1.22. The maximum atomic E-state index is 9.47. The second kappa shape index (κ2) is 2.75. The van der Waals surface area contributed by atoms with Crippen LogP contribution in [0.2, 0.25) is 0 Å². The molecule has 0 saturated heterocycles. The van der Waals surface area contributed by atoms with Crippen LogP contribution in [0.1, 0.15) is 24.2 Å². The van der Waals surface area contributed by atoms with E-state index in [1.807, 2.05) is 13.8 Å². The Hall–Kier alpha value is -0.995. The summed E-state index contributed by atoms with van der Waals surface area (Å²) >= 11 is 0. The third-order valence-corrected chi connectivity index (χ3v) is 2.41. The maximum Gasteiger partial charge on any atom is 0.492 e. The van der Waals surface area contributed by atoms with Crippen LogP contribution in [-0.4, -0.2) is 17.2 Å². The molecule has 0 saturated carbocycles. The van der Waals surface area contributed by atoms with E-state index in [-0.39, 0.29) is 11.9 Å². The molecule has 2 rings (SSSR count). The van der Waals surface area contributed by atoms with E-state index in [1.54, 1.807) is 12.1 Å². The minimum atomic E-state index is -0.893. The number of fused-ring (bicyclic) bond motifs is 1. The van der Waals surface area contributed by atoms with E-state index in [2.05, 4.69) is 0 Å². The molecule has 0 radical (unpaired) electrons. The lowest BCUT2D eigenvalue weighted by molar-refractivity contribution is 0.208. The van der Waals surface area contributed by atoms with Gasteiger partial charge in [-0.15, -0.1) is 0 Å². The van der Waals surface area contributed by atoms with Crippen LogP contribution in [0.3, 0.4) is 0 Å². The van der Waals surface area contributed by atoms with Crippen molar-refractivity contribution in [3.05, 3.63) is 23.3 Å². The Kier molecular flexibility index (Phi) is 1.82. The average Bonchev–Trinajstić information content (AvgIpc) is 2.27. The predicted octanol–water partition coefficient (Wildman–Crippen LogP) is 0.479. The Morgan fingerprint density at radius 2 is 2.15 bits per heavy atom. The molecule has 1 aliphatic rings. The summed E-state index contributed by atoms with van der Waals surface area (Å²) in [6.07, 6.45) is -0.0920. The first-order valence-electron chi connectivity index (χ1n) is 4.26. The number of rotatable bonds is 0. The Morgan fingerprint density at radius 3 is 2.85 bits per heavy atom. The van der Waals surface area contributed by atoms with Gasteiger partial charge in [-0.25, -0.2) is 0 Å². The van der Waals surface area contributed by atoms with Gasteiger partial charge in [-0.1, -0.05) is 0 Å². The molecule has 1 unspecified atom stereocenters. The van der Waals surface area contributed by atoms with Gasteiger partial charge in [-0.05, 0) is 42.6 Å². The molecule has 0 aromatic heterocycles. The van der Waals surface area contributed by atoms with Gasteiger partial charge in [0, 0.05) is 0 Å². The van der Waals surface area contributed by atoms with Gasteiger partial charge in [0.1, 0.15) is 5.75 Å². The van der Waals surface area contributed by atoms with Crippen LogP contribution < -0.4 is 5.46 Å². The molecule has 1 atom stereocenters. The summed E-state index contributed by atoms with van der Waals surface area (Å²) in [5.41, 5.74) is 2.63. The first-order valence-corrected chi connectivity index (χ1v) is 4.26. The van der Waals surface area contributed by atoms with E-state index >= 15 is 0 Å². The zero-order valence-corrected chi connectivity index (χ0v) is 7.61. The lowest BCUT2D eigenvalue weighted by atomic mass is 9.78. The van der Waals surface area contributed by atoms with Crippen molar-refractivity contribution in [2.24, 2.45) is 0 Å². The second-order valence-electron chi connectivity index (χ2n) is 3.40. The third-order valence-electron chi connectivity index (χ3n) is 2.41. The highest BCUT2D eigenvalue weighted by molar-refractivity contribution is 6.61. The van der Waals surface area contributed by atoms with Crippen LogP contribution in [0.25, 0.3) is 0 Å². The summed E-state index contributed by atoms with van der Waals surface area (Å²) < 4.78 is 5.21. The smallest absolute Gasteiger partial charge is 0.492 e. The quantitative estimate of drug-likeness (QED) is 0.568. The van der Waals surface area contributed by atoms with E-state index in [0.717, 1.165) is 11.1 Å². The average molecular weight is 178 g/mol. The van der Waals surface area contributed by atoms with Crippen molar-refractivity contribution in [1.29, 1.82) is 0 Å². The van der Waals surface area contributed by atoms with E-state index in [1.165, 1.54) is 0 Å². The summed E-state index contributed by atoms with van der Waals surface area (Å²) in [5, 5.41) is 18.8. The Labute approximate surface area is 77.1 Å². The van der Waals surface area contributed by atoms with Gasteiger partial charge in [-0.2, -0.15) is 0 Å². The molecule has 0 bridgehead atoms. The summed E-state index contributed by atoms with van der Waals surface area (Å²) in [7, 11) is -0.893. The summed E-state index contributed by atoms with van der Waals surface area (Å²) in [6, 6.07) is 3.23. The molecule has 3 nitrogen and oxygen atoms in total. The molecule has 1 aromatic rings. The van der Waals surface area contributed by atoms with Crippen molar-refractivity contribution in [3.63, 3.8) is 0 Å². The number of benzene rings is 1. The SMILES string of the molecule is Cc1cc(O)cc2c1C(C)OB2O. The van der Waals surface area contributed by atoms with Gasteiger partial charge < -0.3 is 14.8 Å². The summed E-state index contributed by atoms with van der Waals surface area (Å²) in [4.78, 5) is 0. The molecule has 2 N–H and O–H groups in total. The first kappa shape index (κ1) is 8.60. The molecule has 0 aliphatic carbocycles. The molecule has 1 aromatic carbocycles. The minimum Gasteiger partial charge on any atom is -0.508 e. The zero-order chi connectivity index (χ0) is 9.59. The Bertz CT molecular complexity index is 351. The van der Waals surface area contributed by atoms with Crippen LogP contribution in [0.4, 0.5) is 0 Å². The van der Waals surface area contributed by atoms with Crippen molar-refractivity contribution in [2.45, 2.75) is 20.0 Å². The highest BCUT2D eigenvalue weighted by atomic mass is 16.5. The van der Waals surface area contributed by atoms with Gasteiger partial charge in [0.25, 0.3) is 0 Å². The van der Waals surface area contributed by atoms with E-state index in [0.29, 0.717) is 5.46 Å². The standard InChI is InChI=1S/C9H11BO3/c1-5-3-7(11)4-8-9(5)6(2)13-10(8)12/h3-4,6,11-12H,1-2H3. The van der Waals surface area contributed by atoms with E-state index in [4.69, 9.17) is 4.65 Å². The lowest BCUT2D eigenvalue weighted by Crippen LogP contribution is -2.28. The number of aryl methyl sites for hydroxylation is 1. The van der Waals surface area contributed by atoms with E-state index in [9.17, 15) is 10.1 Å². The second-order valence-corrected chi connectivity index (χ2v) is 3.40. The molecule has 4 heteroatoms. The van der Waals surface area contributed by atoms with Crippen molar-refractivity contribution >= 4 is 12.6 Å². The van der Waals surface area contributed by atoms with Crippen LogP contribution in [0.5, 0.6) is 5.75 Å². The number of phenolic OH excluding ortho intramolecular Hbond substituents is 1. The topological polar surface area (TPSA) is 49.7 Å². The van der Waals surface area contributed by atoms with Gasteiger partial charge in [0.2, 0.25) is 0 Å². The lowest BCUT2D eigenvalue weighted by Gasteiger charge is -2.07.